The standard InChI is InChI=1S/C34H50N2O3/c1-10-36-23-17-25-31(6)18-21(20-35)27(37)30(4,5)24(31)11-12-32(25,7)33(8)14-16-34(28(38)39-9)15-13-29(2,3)19-22(34)26(23)33/h18,22,24-26H,10-17,19H2,1-9H3/b36-23+/t22?,24-,25+,26?,31-,32+,33+,34-/m0/s1. The molecular formula is C34H50N2O3. The maximum Gasteiger partial charge on any atom is 0.312 e. The van der Waals surface area contributed by atoms with Crippen LogP contribution in [0, 0.1) is 67.5 Å². The average Bonchev–Trinajstić information content (AvgIpc) is 2.86. The van der Waals surface area contributed by atoms with Crippen LogP contribution in [0.5, 0.6) is 0 Å². The number of ketones is 1. The summed E-state index contributed by atoms with van der Waals surface area (Å²) < 4.78 is 5.55. The van der Waals surface area contributed by atoms with Crippen LogP contribution < -0.4 is 0 Å². The van der Waals surface area contributed by atoms with Crippen LogP contribution in [0.1, 0.15) is 107 Å². The summed E-state index contributed by atoms with van der Waals surface area (Å²) in [4.78, 5) is 32.2. The monoisotopic (exact) mass is 534 g/mol. The highest BCUT2D eigenvalue weighted by Crippen LogP contribution is 2.76. The van der Waals surface area contributed by atoms with E-state index in [-0.39, 0.29) is 57.1 Å². The molecule has 0 spiro atoms. The van der Waals surface area contributed by atoms with E-state index in [1.807, 2.05) is 0 Å². The van der Waals surface area contributed by atoms with Crippen molar-refractivity contribution >= 4 is 17.5 Å². The highest BCUT2D eigenvalue weighted by molar-refractivity contribution is 6.04. The van der Waals surface area contributed by atoms with Gasteiger partial charge >= 0.3 is 5.97 Å². The summed E-state index contributed by atoms with van der Waals surface area (Å²) in [6.07, 6.45) is 9.83. The lowest BCUT2D eigenvalue weighted by Crippen LogP contribution is -2.69. The maximum atomic E-state index is 13.6. The molecule has 8 atom stereocenters. The molecule has 0 aromatic heterocycles. The van der Waals surface area contributed by atoms with Crippen LogP contribution in [0.3, 0.4) is 0 Å². The molecule has 0 amide bonds. The molecule has 0 heterocycles. The fourth-order valence-electron chi connectivity index (χ4n) is 11.3. The summed E-state index contributed by atoms with van der Waals surface area (Å²) in [6.45, 7) is 19.1. The molecule has 5 heteroatoms. The van der Waals surface area contributed by atoms with Crippen molar-refractivity contribution in [2.45, 2.75) is 107 Å². The number of nitriles is 1. The molecule has 5 aliphatic rings. The van der Waals surface area contributed by atoms with Gasteiger partial charge in [0.15, 0.2) is 5.78 Å². The number of aliphatic imine (C=N–C) groups is 1. The Morgan fingerprint density at radius 3 is 2.31 bits per heavy atom. The second-order valence-corrected chi connectivity index (χ2v) is 15.8. The predicted molar refractivity (Wildman–Crippen MR) is 154 cm³/mol. The molecule has 0 radical (unpaired) electrons. The molecule has 39 heavy (non-hydrogen) atoms. The molecule has 2 unspecified atom stereocenters. The Morgan fingerprint density at radius 1 is 1.03 bits per heavy atom. The van der Waals surface area contributed by atoms with Gasteiger partial charge in [-0.2, -0.15) is 5.26 Å². The van der Waals surface area contributed by atoms with Crippen LogP contribution in [0.25, 0.3) is 0 Å². The van der Waals surface area contributed by atoms with E-state index in [1.165, 1.54) is 5.71 Å². The van der Waals surface area contributed by atoms with Crippen LogP contribution in [0.2, 0.25) is 0 Å². The van der Waals surface area contributed by atoms with Crippen LogP contribution in [0.15, 0.2) is 16.6 Å². The number of rotatable bonds is 2. The van der Waals surface area contributed by atoms with Crippen molar-refractivity contribution in [2.75, 3.05) is 13.7 Å². The number of hydrogen-bond donors (Lipinski definition) is 0. The largest absolute Gasteiger partial charge is 0.469 e. The predicted octanol–water partition coefficient (Wildman–Crippen LogP) is 7.35. The number of Topliss-reactive ketones (excluding diaryl/α,β-unsaturated/α-hetero) is 1. The molecule has 5 rings (SSSR count). The van der Waals surface area contributed by atoms with E-state index >= 15 is 0 Å². The lowest BCUT2D eigenvalue weighted by molar-refractivity contribution is -0.207. The number of methoxy groups -OCH3 is 1. The molecule has 5 aliphatic carbocycles. The Kier molecular flexibility index (Phi) is 6.42. The van der Waals surface area contributed by atoms with Crippen molar-refractivity contribution in [1.82, 2.24) is 0 Å². The van der Waals surface area contributed by atoms with E-state index in [0.717, 1.165) is 57.9 Å². The summed E-state index contributed by atoms with van der Waals surface area (Å²) in [7, 11) is 1.56. The Bertz CT molecular complexity index is 1190. The second kappa shape index (κ2) is 8.77. The number of allylic oxidation sites excluding steroid dienone is 2. The summed E-state index contributed by atoms with van der Waals surface area (Å²) in [5.74, 6) is 0.927. The van der Waals surface area contributed by atoms with Crippen LogP contribution >= 0.6 is 0 Å². The number of carbonyl (C=O) groups is 2. The van der Waals surface area contributed by atoms with Crippen LogP contribution in [-0.4, -0.2) is 31.1 Å². The molecule has 4 saturated carbocycles. The summed E-state index contributed by atoms with van der Waals surface area (Å²) in [5, 5.41) is 10.0. The van der Waals surface area contributed by atoms with E-state index < -0.39 is 10.8 Å². The fraction of sp³-hybridized carbons (Fsp3) is 0.824. The molecule has 0 aliphatic heterocycles. The Labute approximate surface area is 236 Å². The Morgan fingerprint density at radius 2 is 1.69 bits per heavy atom. The number of fused-ring (bicyclic) bond motifs is 7. The highest BCUT2D eigenvalue weighted by atomic mass is 16.5. The number of ether oxygens (including phenoxy) is 1. The second-order valence-electron chi connectivity index (χ2n) is 15.8. The van der Waals surface area contributed by atoms with E-state index in [9.17, 15) is 14.9 Å². The molecule has 0 N–H and O–H groups in total. The van der Waals surface area contributed by atoms with Crippen molar-refractivity contribution in [3.05, 3.63) is 11.6 Å². The maximum absolute atomic E-state index is 13.6. The van der Waals surface area contributed by atoms with Gasteiger partial charge in [-0.1, -0.05) is 54.5 Å². The molecule has 0 saturated heterocycles. The van der Waals surface area contributed by atoms with E-state index in [1.54, 1.807) is 7.11 Å². The van der Waals surface area contributed by atoms with Crippen molar-refractivity contribution in [3.8, 4) is 6.07 Å². The normalized spacial score (nSPS) is 47.0. The third-order valence-electron chi connectivity index (χ3n) is 13.4. The first-order valence-corrected chi connectivity index (χ1v) is 15.4. The van der Waals surface area contributed by atoms with Crippen molar-refractivity contribution in [1.29, 1.82) is 5.26 Å². The van der Waals surface area contributed by atoms with Crippen molar-refractivity contribution in [2.24, 2.45) is 61.2 Å². The lowest BCUT2D eigenvalue weighted by atomic mass is 9.31. The fourth-order valence-corrected chi connectivity index (χ4v) is 11.3. The van der Waals surface area contributed by atoms with Gasteiger partial charge < -0.3 is 4.74 Å². The number of esters is 1. The van der Waals surface area contributed by atoms with Gasteiger partial charge in [-0.3, -0.25) is 14.6 Å². The van der Waals surface area contributed by atoms with E-state index in [0.29, 0.717) is 5.57 Å². The minimum Gasteiger partial charge on any atom is -0.469 e. The van der Waals surface area contributed by atoms with Gasteiger partial charge in [0.2, 0.25) is 0 Å². The third kappa shape index (κ3) is 3.58. The van der Waals surface area contributed by atoms with Gasteiger partial charge in [0.1, 0.15) is 6.07 Å². The average molecular weight is 535 g/mol. The van der Waals surface area contributed by atoms with Crippen molar-refractivity contribution in [3.63, 3.8) is 0 Å². The number of nitrogens with zero attached hydrogens (tertiary/aromatic N) is 2. The van der Waals surface area contributed by atoms with Gasteiger partial charge in [-0.15, -0.1) is 0 Å². The van der Waals surface area contributed by atoms with E-state index in [4.69, 9.17) is 9.73 Å². The number of hydrogen-bond acceptors (Lipinski definition) is 5. The SMILES string of the molecule is CC/N=C1\C[C@@H]2[C@@]3(C)C=C(C#N)C(=O)C(C)(C)[C@@H]3CC[C@@]2(C)[C@]2(C)CC[C@@]3(C(=O)OC)CCC(C)(C)CC3C12. The molecular weight excluding hydrogens is 484 g/mol. The van der Waals surface area contributed by atoms with Crippen molar-refractivity contribution < 1.29 is 14.3 Å². The molecule has 214 valence electrons. The van der Waals surface area contributed by atoms with E-state index in [2.05, 4.69) is 67.5 Å². The van der Waals surface area contributed by atoms with Crippen LogP contribution in [0.4, 0.5) is 0 Å². The lowest BCUT2D eigenvalue weighted by Gasteiger charge is -2.72. The summed E-state index contributed by atoms with van der Waals surface area (Å²) in [5.41, 5.74) is 0.523. The zero-order valence-corrected chi connectivity index (χ0v) is 25.9. The first kappa shape index (κ1) is 28.6. The molecule has 4 fully saturated rings. The molecule has 0 aromatic carbocycles. The first-order chi connectivity index (χ1) is 18.1. The zero-order valence-electron chi connectivity index (χ0n) is 25.9. The summed E-state index contributed by atoms with van der Waals surface area (Å²) >= 11 is 0. The van der Waals surface area contributed by atoms with Gasteiger partial charge in [0.05, 0.1) is 18.1 Å². The quantitative estimate of drug-likeness (QED) is 0.347. The Balaban J connectivity index is 1.70. The zero-order chi connectivity index (χ0) is 28.8. The minimum atomic E-state index is -0.560. The summed E-state index contributed by atoms with van der Waals surface area (Å²) in [6, 6.07) is 2.28. The third-order valence-corrected chi connectivity index (χ3v) is 13.4. The molecule has 5 nitrogen and oxygen atoms in total. The van der Waals surface area contributed by atoms with Gasteiger partial charge in [0.25, 0.3) is 0 Å². The minimum absolute atomic E-state index is 0.00314. The Hall–Kier alpha value is -1.96. The molecule has 0 aromatic rings. The number of carbonyl (C=O) groups excluding carboxylic acids is 2. The van der Waals surface area contributed by atoms with Crippen LogP contribution in [-0.2, 0) is 14.3 Å². The highest BCUT2D eigenvalue weighted by Gasteiger charge is 2.72. The smallest absolute Gasteiger partial charge is 0.312 e. The van der Waals surface area contributed by atoms with Gasteiger partial charge in [-0.25, -0.2) is 0 Å². The van der Waals surface area contributed by atoms with Gasteiger partial charge in [0, 0.05) is 23.6 Å². The first-order valence-electron chi connectivity index (χ1n) is 15.4. The molecule has 0 bridgehead atoms. The van der Waals surface area contributed by atoms with Gasteiger partial charge in [-0.05, 0) is 97.7 Å². The topological polar surface area (TPSA) is 79.5 Å².